The molecule has 256 valence electrons. The molecule has 53 heavy (non-hydrogen) atoms. The summed E-state index contributed by atoms with van der Waals surface area (Å²) in [6.45, 7) is 2.14. The van der Waals surface area contributed by atoms with E-state index < -0.39 is 0 Å². The van der Waals surface area contributed by atoms with E-state index in [0.717, 1.165) is 52.7 Å². The van der Waals surface area contributed by atoms with E-state index in [2.05, 4.69) is 197 Å². The minimum Gasteiger partial charge on any atom is -0.482 e. The van der Waals surface area contributed by atoms with Crippen LogP contribution in [-0.2, 0) is 0 Å². The number of hydrogen-bond donors (Lipinski definition) is 0. The Labute approximate surface area is 310 Å². The minimum absolute atomic E-state index is 0.0421. The van der Waals surface area contributed by atoms with Crippen LogP contribution < -0.4 is 14.5 Å². The molecule has 1 aromatic heterocycles. The first kappa shape index (κ1) is 31.2. The van der Waals surface area contributed by atoms with Crippen molar-refractivity contribution in [2.45, 2.75) is 31.9 Å². The van der Waals surface area contributed by atoms with Gasteiger partial charge in [-0.1, -0.05) is 103 Å². The first-order chi connectivity index (χ1) is 26.2. The molecule has 7 aromatic rings. The van der Waals surface area contributed by atoms with Crippen molar-refractivity contribution in [1.82, 2.24) is 4.57 Å². The molecule has 2 unspecified atom stereocenters. The van der Waals surface area contributed by atoms with Crippen molar-refractivity contribution in [1.29, 1.82) is 0 Å². The molecule has 0 bridgehead atoms. The highest BCUT2D eigenvalue weighted by molar-refractivity contribution is 6.10. The number of benzene rings is 6. The highest BCUT2D eigenvalue weighted by Gasteiger charge is 2.34. The smallest absolute Gasteiger partial charge is 0.144 e. The number of anilines is 5. The number of nitrogens with zero attached hydrogens (tertiary/aromatic N) is 3. The number of allylic oxidation sites excluding steroid dienone is 6. The number of hydrogen-bond acceptors (Lipinski definition) is 3. The van der Waals surface area contributed by atoms with E-state index >= 15 is 0 Å². The lowest BCUT2D eigenvalue weighted by Crippen LogP contribution is -2.46. The third-order valence-electron chi connectivity index (χ3n) is 10.8. The topological polar surface area (TPSA) is 20.6 Å². The summed E-state index contributed by atoms with van der Waals surface area (Å²) in [5.41, 5.74) is 13.0. The third kappa shape index (κ3) is 5.46. The van der Waals surface area contributed by atoms with Crippen LogP contribution in [-0.4, -0.2) is 16.7 Å². The maximum Gasteiger partial charge on any atom is 0.144 e. The average Bonchev–Trinajstić information content (AvgIpc) is 3.55. The molecular weight excluding hydrogens is 647 g/mol. The predicted molar refractivity (Wildman–Crippen MR) is 222 cm³/mol. The number of para-hydroxylation sites is 3. The van der Waals surface area contributed by atoms with Crippen LogP contribution >= 0.6 is 0 Å². The van der Waals surface area contributed by atoms with E-state index in [0.29, 0.717) is 0 Å². The van der Waals surface area contributed by atoms with E-state index in [1.807, 2.05) is 6.07 Å². The average molecular weight is 686 g/mol. The second-order valence-electron chi connectivity index (χ2n) is 14.1. The van der Waals surface area contributed by atoms with Gasteiger partial charge in [0.05, 0.1) is 22.8 Å². The van der Waals surface area contributed by atoms with Gasteiger partial charge in [0.15, 0.2) is 0 Å². The summed E-state index contributed by atoms with van der Waals surface area (Å²) in [6.07, 6.45) is 17.4. The molecular formula is C49H39N3O. The zero-order chi connectivity index (χ0) is 35.3. The fourth-order valence-electron chi connectivity index (χ4n) is 8.24. The minimum atomic E-state index is -0.0421. The van der Waals surface area contributed by atoms with Gasteiger partial charge in [-0.3, -0.25) is 0 Å². The molecule has 0 radical (unpaired) electrons. The lowest BCUT2D eigenvalue weighted by molar-refractivity contribution is 0.218. The fraction of sp³-hybridized carbons (Fsp3) is 0.102. The van der Waals surface area contributed by atoms with Gasteiger partial charge >= 0.3 is 0 Å². The molecule has 2 atom stereocenters. The molecule has 6 aromatic carbocycles. The standard InChI is InChI=1S/C49H39N3O/c1-34-19-23-37(24-20-34)50(38-25-21-36(22-26-38)35-11-3-2-4-12-35)41-31-32-43-42-13-5-6-14-44(42)51(47(43)33-41)39-27-29-40(30-28-39)52-45-15-7-9-17-48(45)53-49-18-10-8-16-46(49)52/h2-3,5-11,13-33,45,48H,4,12H2,1H3. The highest BCUT2D eigenvalue weighted by Crippen LogP contribution is 2.44. The Morgan fingerprint density at radius 3 is 2.13 bits per heavy atom. The summed E-state index contributed by atoms with van der Waals surface area (Å²) >= 11 is 0. The van der Waals surface area contributed by atoms with Gasteiger partial charge in [0.2, 0.25) is 0 Å². The first-order valence-corrected chi connectivity index (χ1v) is 18.6. The van der Waals surface area contributed by atoms with Crippen LogP contribution in [0.1, 0.15) is 24.0 Å². The summed E-state index contributed by atoms with van der Waals surface area (Å²) in [6, 6.07) is 51.0. The molecule has 3 aliphatic rings. The van der Waals surface area contributed by atoms with Crippen molar-refractivity contribution in [3.05, 3.63) is 193 Å². The molecule has 2 heterocycles. The summed E-state index contributed by atoms with van der Waals surface area (Å²) in [5, 5.41) is 2.47. The molecule has 0 N–H and O–H groups in total. The molecule has 0 saturated carbocycles. The Hall–Kier alpha value is -6.52. The molecule has 2 aliphatic carbocycles. The molecule has 0 amide bonds. The van der Waals surface area contributed by atoms with Crippen molar-refractivity contribution in [3.63, 3.8) is 0 Å². The zero-order valence-electron chi connectivity index (χ0n) is 29.6. The van der Waals surface area contributed by atoms with Gasteiger partial charge in [-0.25, -0.2) is 0 Å². The van der Waals surface area contributed by atoms with Gasteiger partial charge in [0.1, 0.15) is 11.9 Å². The Kier molecular flexibility index (Phi) is 7.61. The maximum absolute atomic E-state index is 6.41. The SMILES string of the molecule is Cc1ccc(N(c2ccc(C3=CC=CCC3)cc2)c2ccc3c4ccccc4n(-c4ccc(N5c6ccccc6OC6C=CC=CC65)cc4)c3c2)cc1. The van der Waals surface area contributed by atoms with E-state index in [-0.39, 0.29) is 12.1 Å². The van der Waals surface area contributed by atoms with Gasteiger partial charge in [0.25, 0.3) is 0 Å². The molecule has 0 spiro atoms. The first-order valence-electron chi connectivity index (χ1n) is 18.6. The molecule has 4 heteroatoms. The van der Waals surface area contributed by atoms with Gasteiger partial charge in [-0.05, 0) is 116 Å². The molecule has 0 saturated heterocycles. The maximum atomic E-state index is 6.41. The highest BCUT2D eigenvalue weighted by atomic mass is 16.5. The van der Waals surface area contributed by atoms with Crippen LogP contribution in [0, 0.1) is 6.92 Å². The van der Waals surface area contributed by atoms with Crippen molar-refractivity contribution in [2.75, 3.05) is 9.80 Å². The Morgan fingerprint density at radius 1 is 0.623 bits per heavy atom. The normalized spacial score (nSPS) is 17.4. The molecule has 1 aliphatic heterocycles. The zero-order valence-corrected chi connectivity index (χ0v) is 29.6. The predicted octanol–water partition coefficient (Wildman–Crippen LogP) is 12.7. The van der Waals surface area contributed by atoms with Crippen molar-refractivity contribution in [2.24, 2.45) is 0 Å². The van der Waals surface area contributed by atoms with Crippen LogP contribution in [0.5, 0.6) is 5.75 Å². The van der Waals surface area contributed by atoms with E-state index in [1.54, 1.807) is 0 Å². The van der Waals surface area contributed by atoms with E-state index in [4.69, 9.17) is 4.74 Å². The second-order valence-corrected chi connectivity index (χ2v) is 14.1. The monoisotopic (exact) mass is 685 g/mol. The van der Waals surface area contributed by atoms with Gasteiger partial charge in [0, 0.05) is 39.2 Å². The number of fused-ring (bicyclic) bond motifs is 5. The van der Waals surface area contributed by atoms with Crippen LogP contribution in [0.4, 0.5) is 28.4 Å². The third-order valence-corrected chi connectivity index (χ3v) is 10.8. The lowest BCUT2D eigenvalue weighted by atomic mass is 9.97. The summed E-state index contributed by atoms with van der Waals surface area (Å²) in [5.74, 6) is 0.906. The van der Waals surface area contributed by atoms with Crippen molar-refractivity contribution >= 4 is 55.8 Å². The van der Waals surface area contributed by atoms with Crippen LogP contribution in [0.3, 0.4) is 0 Å². The fourth-order valence-corrected chi connectivity index (χ4v) is 8.24. The van der Waals surface area contributed by atoms with Crippen molar-refractivity contribution < 1.29 is 4.74 Å². The van der Waals surface area contributed by atoms with Gasteiger partial charge in [-0.15, -0.1) is 0 Å². The molecule has 10 rings (SSSR count). The number of aromatic nitrogens is 1. The largest absolute Gasteiger partial charge is 0.482 e. The summed E-state index contributed by atoms with van der Waals surface area (Å²) in [7, 11) is 0. The number of aryl methyl sites for hydroxylation is 1. The van der Waals surface area contributed by atoms with Crippen LogP contribution in [0.15, 0.2) is 182 Å². The number of ether oxygens (including phenoxy) is 1. The van der Waals surface area contributed by atoms with Crippen molar-refractivity contribution in [3.8, 4) is 11.4 Å². The number of rotatable bonds is 6. The molecule has 4 nitrogen and oxygen atoms in total. The quantitative estimate of drug-likeness (QED) is 0.174. The van der Waals surface area contributed by atoms with Gasteiger partial charge in [-0.2, -0.15) is 0 Å². The lowest BCUT2D eigenvalue weighted by Gasteiger charge is -2.42. The summed E-state index contributed by atoms with van der Waals surface area (Å²) < 4.78 is 8.82. The van der Waals surface area contributed by atoms with Crippen LogP contribution in [0.25, 0.3) is 33.1 Å². The Bertz CT molecular complexity index is 2610. The Morgan fingerprint density at radius 2 is 1.32 bits per heavy atom. The summed E-state index contributed by atoms with van der Waals surface area (Å²) in [4.78, 5) is 4.78. The van der Waals surface area contributed by atoms with E-state index in [9.17, 15) is 0 Å². The van der Waals surface area contributed by atoms with E-state index in [1.165, 1.54) is 38.5 Å². The second kappa shape index (κ2) is 12.9. The Balaban J connectivity index is 1.09. The molecule has 0 fully saturated rings. The van der Waals surface area contributed by atoms with Crippen LogP contribution in [0.2, 0.25) is 0 Å². The van der Waals surface area contributed by atoms with Gasteiger partial charge < -0.3 is 19.1 Å².